The van der Waals surface area contributed by atoms with Crippen molar-refractivity contribution in [2.24, 2.45) is 11.8 Å². The van der Waals surface area contributed by atoms with Crippen molar-refractivity contribution in [1.82, 2.24) is 24.2 Å². The number of imidazole rings is 1. The third-order valence-corrected chi connectivity index (χ3v) is 13.7. The lowest BCUT2D eigenvalue weighted by Crippen LogP contribution is -2.40. The van der Waals surface area contributed by atoms with E-state index in [2.05, 4.69) is 59.0 Å². The van der Waals surface area contributed by atoms with Crippen LogP contribution in [0.5, 0.6) is 11.5 Å². The molecule has 3 heterocycles. The molecule has 1 saturated heterocycles. The number of ether oxygens (including phenoxy) is 5. The van der Waals surface area contributed by atoms with E-state index in [1.165, 1.54) is 6.33 Å². The molecule has 5 atom stereocenters. The number of aromatic nitrogens is 4. The largest absolute Gasteiger partial charge is 0.497 e. The standard InChI is InChI=1S/C51H67N8O10P/c1-32(2)47(61)54-45-42-46(56-50(55-45)57-48(62)33(3)4)58(31-53-42)49-44(65-27-15-29-68-70(67-28-14-26-52)59(34(5)6)35(7)8)43(60)41(69-49)30-66-51(36-16-12-11-13-17-36,37-18-22-39(63-9)23-19-37)38-20-24-40(64-10)25-21-38/h11-13,16-25,31-35,41,43-44,49,60H,14-15,27-30H2,1-10H3,(H2,54,55,56,57,61,62)/t41-,43-,44-,49-,70?/m1/s1. The summed E-state index contributed by atoms with van der Waals surface area (Å²) in [5.74, 6) is -0.0779. The van der Waals surface area contributed by atoms with Crippen LogP contribution in [0.25, 0.3) is 11.2 Å². The lowest BCUT2D eigenvalue weighted by molar-refractivity contribution is -0.119. The van der Waals surface area contributed by atoms with Crippen molar-refractivity contribution in [3.05, 3.63) is 102 Å². The number of aliphatic hydroxyl groups is 1. The molecule has 1 fully saturated rings. The van der Waals surface area contributed by atoms with E-state index < -0.39 is 50.5 Å². The number of nitrogens with zero attached hydrogens (tertiary/aromatic N) is 6. The number of carbonyl (C=O) groups excluding carboxylic acids is 2. The van der Waals surface area contributed by atoms with Crippen molar-refractivity contribution >= 4 is 43.3 Å². The predicted octanol–water partition coefficient (Wildman–Crippen LogP) is 8.37. The first kappa shape index (κ1) is 53.7. The van der Waals surface area contributed by atoms with Gasteiger partial charge in [0.1, 0.15) is 35.4 Å². The highest BCUT2D eigenvalue weighted by Gasteiger charge is 2.48. The average Bonchev–Trinajstić information content (AvgIpc) is 3.91. The number of anilines is 2. The number of amides is 2. The van der Waals surface area contributed by atoms with Gasteiger partial charge in [0.15, 0.2) is 23.2 Å². The molecule has 1 aliphatic heterocycles. The maximum Gasteiger partial charge on any atom is 0.259 e. The Bertz CT molecular complexity index is 2450. The SMILES string of the molecule is COc1ccc(C(OC[C@H]2O[C@@H](n3cnc4c(NC(=O)C(C)C)nc(NC(=O)C(C)C)nc43)[C@H](OCCCOP(OCCC#N)N(C(C)C)C(C)C)[C@@H]2O)(c2ccccc2)c2ccc(OC)cc2)cc1. The first-order chi connectivity index (χ1) is 33.6. The minimum atomic E-state index is -1.49. The van der Waals surface area contributed by atoms with Gasteiger partial charge in [-0.15, -0.1) is 0 Å². The number of benzene rings is 3. The molecule has 0 bridgehead atoms. The van der Waals surface area contributed by atoms with Gasteiger partial charge in [0.2, 0.25) is 17.8 Å². The number of carbonyl (C=O) groups is 2. The van der Waals surface area contributed by atoms with Crippen molar-refractivity contribution in [3.63, 3.8) is 0 Å². The van der Waals surface area contributed by atoms with Gasteiger partial charge in [-0.3, -0.25) is 19.5 Å². The summed E-state index contributed by atoms with van der Waals surface area (Å²) < 4.78 is 47.9. The van der Waals surface area contributed by atoms with Crippen LogP contribution in [0.4, 0.5) is 11.8 Å². The van der Waals surface area contributed by atoms with Crippen LogP contribution in [0, 0.1) is 23.2 Å². The Morgan fingerprint density at radius 2 is 1.39 bits per heavy atom. The first-order valence-electron chi connectivity index (χ1n) is 23.6. The van der Waals surface area contributed by atoms with Crippen molar-refractivity contribution in [1.29, 1.82) is 5.26 Å². The summed E-state index contributed by atoms with van der Waals surface area (Å²) in [6.45, 7) is 15.8. The number of fused-ring (bicyclic) bond motifs is 1. The van der Waals surface area contributed by atoms with E-state index in [0.717, 1.165) is 16.7 Å². The van der Waals surface area contributed by atoms with Crippen LogP contribution in [0.2, 0.25) is 0 Å². The topological polar surface area (TPSA) is 214 Å². The Balaban J connectivity index is 1.38. The Morgan fingerprint density at radius 1 is 0.814 bits per heavy atom. The smallest absolute Gasteiger partial charge is 0.259 e. The minimum Gasteiger partial charge on any atom is -0.497 e. The van der Waals surface area contributed by atoms with Gasteiger partial charge in [0.25, 0.3) is 8.53 Å². The molecule has 0 radical (unpaired) electrons. The summed E-state index contributed by atoms with van der Waals surface area (Å²) in [6.07, 6.45) is -2.20. The van der Waals surface area contributed by atoms with Crippen molar-refractivity contribution in [2.75, 3.05) is 51.3 Å². The Labute approximate surface area is 411 Å². The molecule has 0 saturated carbocycles. The van der Waals surface area contributed by atoms with E-state index >= 15 is 0 Å². The van der Waals surface area contributed by atoms with Gasteiger partial charge in [0.05, 0.1) is 52.9 Å². The molecule has 70 heavy (non-hydrogen) atoms. The molecule has 2 aromatic heterocycles. The lowest BCUT2D eigenvalue weighted by atomic mass is 9.80. The molecule has 1 aliphatic rings. The summed E-state index contributed by atoms with van der Waals surface area (Å²) in [7, 11) is 1.73. The number of rotatable bonds is 25. The van der Waals surface area contributed by atoms with Crippen LogP contribution < -0.4 is 20.1 Å². The number of aliphatic hydroxyl groups excluding tert-OH is 1. The van der Waals surface area contributed by atoms with Gasteiger partial charge in [-0.05, 0) is 75.1 Å². The molecule has 0 spiro atoms. The van der Waals surface area contributed by atoms with Gasteiger partial charge in [0, 0.05) is 30.5 Å². The molecule has 3 aromatic carbocycles. The second kappa shape index (κ2) is 25.0. The van der Waals surface area contributed by atoms with Crippen molar-refractivity contribution < 1.29 is 47.4 Å². The van der Waals surface area contributed by atoms with E-state index in [4.69, 9.17) is 37.7 Å². The van der Waals surface area contributed by atoms with Gasteiger partial charge in [-0.1, -0.05) is 82.3 Å². The molecule has 6 rings (SSSR count). The quantitative estimate of drug-likeness (QED) is 0.0285. The highest BCUT2D eigenvalue weighted by Crippen LogP contribution is 2.47. The third-order valence-electron chi connectivity index (χ3n) is 11.6. The average molecular weight is 983 g/mol. The maximum absolute atomic E-state index is 13.1. The Morgan fingerprint density at radius 3 is 1.94 bits per heavy atom. The van der Waals surface area contributed by atoms with E-state index in [9.17, 15) is 20.0 Å². The molecule has 1 unspecified atom stereocenters. The number of hydrogen-bond acceptors (Lipinski definition) is 15. The summed E-state index contributed by atoms with van der Waals surface area (Å²) in [6, 6.07) is 27.5. The zero-order valence-electron chi connectivity index (χ0n) is 41.7. The number of nitriles is 1. The van der Waals surface area contributed by atoms with Gasteiger partial charge in [-0.2, -0.15) is 15.2 Å². The van der Waals surface area contributed by atoms with Gasteiger partial charge >= 0.3 is 0 Å². The van der Waals surface area contributed by atoms with Crippen LogP contribution in [-0.4, -0.2) is 112 Å². The van der Waals surface area contributed by atoms with Gasteiger partial charge < -0.3 is 43.2 Å². The van der Waals surface area contributed by atoms with Gasteiger partial charge in [-0.25, -0.2) is 9.65 Å². The fraction of sp³-hybridized carbons (Fsp3) is 0.490. The number of hydrogen-bond donors (Lipinski definition) is 3. The van der Waals surface area contributed by atoms with Crippen LogP contribution in [0.1, 0.15) is 91.1 Å². The normalized spacial score (nSPS) is 17.7. The molecule has 3 N–H and O–H groups in total. The maximum atomic E-state index is 13.1. The zero-order chi connectivity index (χ0) is 50.5. The summed E-state index contributed by atoms with van der Waals surface area (Å²) in [4.78, 5) is 39.9. The number of methoxy groups -OCH3 is 2. The highest BCUT2D eigenvalue weighted by atomic mass is 31.2. The van der Waals surface area contributed by atoms with E-state index in [1.807, 2.05) is 78.9 Å². The predicted molar refractivity (Wildman–Crippen MR) is 266 cm³/mol. The van der Waals surface area contributed by atoms with Crippen LogP contribution in [0.3, 0.4) is 0 Å². The molecule has 0 aliphatic carbocycles. The van der Waals surface area contributed by atoms with Crippen LogP contribution in [0.15, 0.2) is 85.2 Å². The molecular weight excluding hydrogens is 916 g/mol. The third kappa shape index (κ3) is 12.6. The molecule has 5 aromatic rings. The molecular formula is C51H67N8O10P. The minimum absolute atomic E-state index is 0.0583. The summed E-state index contributed by atoms with van der Waals surface area (Å²) in [5.41, 5.74) is 1.60. The van der Waals surface area contributed by atoms with Crippen molar-refractivity contribution in [2.45, 2.75) is 110 Å². The van der Waals surface area contributed by atoms with E-state index in [-0.39, 0.29) is 79.7 Å². The monoisotopic (exact) mass is 982 g/mol. The fourth-order valence-corrected chi connectivity index (χ4v) is 9.67. The first-order valence-corrected chi connectivity index (χ1v) is 24.8. The van der Waals surface area contributed by atoms with Crippen molar-refractivity contribution in [3.8, 4) is 17.6 Å². The van der Waals surface area contributed by atoms with E-state index in [0.29, 0.717) is 17.9 Å². The van der Waals surface area contributed by atoms with Crippen LogP contribution in [-0.2, 0) is 38.4 Å². The van der Waals surface area contributed by atoms with E-state index in [1.54, 1.807) is 46.5 Å². The van der Waals surface area contributed by atoms with Crippen LogP contribution >= 0.6 is 8.53 Å². The summed E-state index contributed by atoms with van der Waals surface area (Å²) >= 11 is 0. The molecule has 18 nitrogen and oxygen atoms in total. The Hall–Kier alpha value is -5.61. The zero-order valence-corrected chi connectivity index (χ0v) is 42.6. The summed E-state index contributed by atoms with van der Waals surface area (Å²) in [5, 5.41) is 27.2. The molecule has 19 heteroatoms. The molecule has 2 amide bonds. The fourth-order valence-electron chi connectivity index (χ4n) is 8.04. The number of nitrogens with one attached hydrogen (secondary N) is 2. The Kier molecular flexibility index (Phi) is 19.2. The second-order valence-electron chi connectivity index (χ2n) is 17.9. The molecule has 376 valence electrons. The lowest BCUT2D eigenvalue weighted by Gasteiger charge is -2.37. The second-order valence-corrected chi connectivity index (χ2v) is 19.4. The highest BCUT2D eigenvalue weighted by molar-refractivity contribution is 7.44.